The largest absolute Gasteiger partial charge is 0.451 e. The molecular formula is C22H23N3O7. The van der Waals surface area contributed by atoms with Gasteiger partial charge in [-0.2, -0.15) is 0 Å². The van der Waals surface area contributed by atoms with Gasteiger partial charge in [0.1, 0.15) is 0 Å². The van der Waals surface area contributed by atoms with E-state index in [4.69, 9.17) is 9.84 Å². The number of amides is 1. The number of ketones is 1. The Hall–Kier alpha value is -3.79. The van der Waals surface area contributed by atoms with Crippen LogP contribution in [-0.4, -0.2) is 53.5 Å². The summed E-state index contributed by atoms with van der Waals surface area (Å²) in [5.41, 5.74) is 1.79. The Labute approximate surface area is 183 Å². The fraction of sp³-hybridized carbons (Fsp3) is 0.318. The van der Waals surface area contributed by atoms with Crippen LogP contribution in [0.3, 0.4) is 0 Å². The molecule has 3 rings (SSSR count). The number of hydrogen-bond acceptors (Lipinski definition) is 8. The van der Waals surface area contributed by atoms with Gasteiger partial charge in [-0.1, -0.05) is 0 Å². The Bertz CT molecular complexity index is 1080. The van der Waals surface area contributed by atoms with E-state index in [-0.39, 0.29) is 36.0 Å². The number of aliphatic hydroxyl groups excluding tert-OH is 1. The molecular weight excluding hydrogens is 418 g/mol. The number of anilines is 2. The third-order valence-corrected chi connectivity index (χ3v) is 5.15. The molecule has 32 heavy (non-hydrogen) atoms. The van der Waals surface area contributed by atoms with Gasteiger partial charge in [-0.15, -0.1) is 0 Å². The average molecular weight is 441 g/mol. The minimum Gasteiger partial charge on any atom is -0.451 e. The number of fused-ring (bicyclic) bond motifs is 1. The highest BCUT2D eigenvalue weighted by atomic mass is 16.6. The van der Waals surface area contributed by atoms with Crippen LogP contribution in [0, 0.1) is 10.1 Å². The van der Waals surface area contributed by atoms with Crippen molar-refractivity contribution in [3.8, 4) is 0 Å². The molecule has 1 atom stereocenters. The second-order valence-electron chi connectivity index (χ2n) is 7.31. The number of Topliss-reactive ketones (excluding diaryl/α,β-unsaturated/α-hetero) is 1. The Morgan fingerprint density at radius 2 is 2.00 bits per heavy atom. The van der Waals surface area contributed by atoms with Crippen LogP contribution in [-0.2, 0) is 16.0 Å². The van der Waals surface area contributed by atoms with E-state index in [2.05, 4.69) is 5.32 Å². The van der Waals surface area contributed by atoms with Crippen LogP contribution in [0.1, 0.15) is 40.1 Å². The quantitative estimate of drug-likeness (QED) is 0.275. The third kappa shape index (κ3) is 4.75. The first-order valence-corrected chi connectivity index (χ1v) is 10.0. The van der Waals surface area contributed by atoms with Crippen molar-refractivity contribution in [2.75, 3.05) is 29.9 Å². The second-order valence-corrected chi connectivity index (χ2v) is 7.31. The van der Waals surface area contributed by atoms with E-state index in [0.29, 0.717) is 18.5 Å². The SMILES string of the molecule is CC(=O)N1CCc2cc(C(=O)C(C)OC(=O)c3cc([N+](=O)[O-])ccc3NCCO)ccc21. The lowest BCUT2D eigenvalue weighted by Crippen LogP contribution is -2.26. The standard InChI is InChI=1S/C22H23N3O7/c1-13(21(28)16-3-6-20-15(11-16)7-9-24(20)14(2)27)32-22(29)18-12-17(25(30)31)4-5-19(18)23-8-10-26/h3-6,11-13,23,26H,7-10H2,1-2H3. The predicted molar refractivity (Wildman–Crippen MR) is 116 cm³/mol. The number of carbonyl (C=O) groups is 3. The van der Waals surface area contributed by atoms with Crippen LogP contribution < -0.4 is 10.2 Å². The van der Waals surface area contributed by atoms with E-state index in [1.54, 1.807) is 23.1 Å². The van der Waals surface area contributed by atoms with Crippen molar-refractivity contribution in [1.82, 2.24) is 0 Å². The number of hydrogen-bond donors (Lipinski definition) is 2. The van der Waals surface area contributed by atoms with E-state index in [0.717, 1.165) is 17.3 Å². The number of rotatable bonds is 8. The van der Waals surface area contributed by atoms with Crippen LogP contribution in [0.2, 0.25) is 0 Å². The maximum absolute atomic E-state index is 12.8. The molecule has 1 heterocycles. The molecule has 1 unspecified atom stereocenters. The smallest absolute Gasteiger partial charge is 0.341 e. The zero-order valence-electron chi connectivity index (χ0n) is 17.7. The Kier molecular flexibility index (Phi) is 6.84. The van der Waals surface area contributed by atoms with Gasteiger partial charge in [0.2, 0.25) is 11.7 Å². The molecule has 10 nitrogen and oxygen atoms in total. The maximum Gasteiger partial charge on any atom is 0.341 e. The van der Waals surface area contributed by atoms with Crippen molar-refractivity contribution in [2.24, 2.45) is 0 Å². The summed E-state index contributed by atoms with van der Waals surface area (Å²) in [6, 6.07) is 8.59. The number of ether oxygens (including phenoxy) is 1. The van der Waals surface area contributed by atoms with Crippen LogP contribution >= 0.6 is 0 Å². The summed E-state index contributed by atoms with van der Waals surface area (Å²) < 4.78 is 5.31. The number of non-ortho nitro benzene ring substituents is 1. The molecule has 2 aromatic carbocycles. The van der Waals surface area contributed by atoms with Gasteiger partial charge in [-0.05, 0) is 43.2 Å². The number of benzene rings is 2. The van der Waals surface area contributed by atoms with Crippen molar-refractivity contribution < 1.29 is 29.2 Å². The van der Waals surface area contributed by atoms with E-state index >= 15 is 0 Å². The molecule has 0 spiro atoms. The third-order valence-electron chi connectivity index (χ3n) is 5.15. The van der Waals surface area contributed by atoms with Crippen molar-refractivity contribution in [1.29, 1.82) is 0 Å². The molecule has 1 aliphatic rings. The summed E-state index contributed by atoms with van der Waals surface area (Å²) >= 11 is 0. The summed E-state index contributed by atoms with van der Waals surface area (Å²) in [5, 5.41) is 22.9. The summed E-state index contributed by atoms with van der Waals surface area (Å²) in [5.74, 6) is -1.41. The first kappa shape index (κ1) is 22.9. The van der Waals surface area contributed by atoms with Crippen molar-refractivity contribution in [3.05, 3.63) is 63.2 Å². The maximum atomic E-state index is 12.8. The highest BCUT2D eigenvalue weighted by Gasteiger charge is 2.27. The summed E-state index contributed by atoms with van der Waals surface area (Å²) in [7, 11) is 0. The fourth-order valence-corrected chi connectivity index (χ4v) is 3.55. The lowest BCUT2D eigenvalue weighted by atomic mass is 10.0. The molecule has 0 saturated heterocycles. The number of carbonyl (C=O) groups excluding carboxylic acids is 3. The van der Waals surface area contributed by atoms with Crippen molar-refractivity contribution >= 4 is 34.7 Å². The van der Waals surface area contributed by atoms with Gasteiger partial charge in [0, 0.05) is 49.1 Å². The number of nitrogens with zero attached hydrogens (tertiary/aromatic N) is 2. The second kappa shape index (κ2) is 9.56. The fourth-order valence-electron chi connectivity index (χ4n) is 3.55. The van der Waals surface area contributed by atoms with Gasteiger partial charge in [0.25, 0.3) is 5.69 Å². The molecule has 1 aliphatic heterocycles. The zero-order chi connectivity index (χ0) is 23.4. The molecule has 2 N–H and O–H groups in total. The van der Waals surface area contributed by atoms with Gasteiger partial charge < -0.3 is 20.1 Å². The van der Waals surface area contributed by atoms with Crippen molar-refractivity contribution in [3.63, 3.8) is 0 Å². The first-order chi connectivity index (χ1) is 15.2. The summed E-state index contributed by atoms with van der Waals surface area (Å²) in [6.07, 6.45) is -0.520. The molecule has 168 valence electrons. The molecule has 0 fully saturated rings. The van der Waals surface area contributed by atoms with E-state index in [9.17, 15) is 24.5 Å². The van der Waals surface area contributed by atoms with Gasteiger partial charge in [-0.25, -0.2) is 4.79 Å². The number of nitrogens with one attached hydrogen (secondary N) is 1. The van der Waals surface area contributed by atoms with E-state index in [1.807, 2.05) is 0 Å². The molecule has 0 bridgehead atoms. The zero-order valence-corrected chi connectivity index (χ0v) is 17.7. The molecule has 0 aliphatic carbocycles. The number of nitro benzene ring substituents is 1. The van der Waals surface area contributed by atoms with E-state index in [1.165, 1.54) is 26.0 Å². The minimum absolute atomic E-state index is 0.0762. The van der Waals surface area contributed by atoms with Crippen molar-refractivity contribution in [2.45, 2.75) is 26.4 Å². The normalized spacial score (nSPS) is 13.3. The van der Waals surface area contributed by atoms with E-state index < -0.39 is 22.8 Å². The molecule has 0 radical (unpaired) electrons. The van der Waals surface area contributed by atoms with Crippen LogP contribution in [0.15, 0.2) is 36.4 Å². The highest BCUT2D eigenvalue weighted by Crippen LogP contribution is 2.30. The van der Waals surface area contributed by atoms with Crippen LogP contribution in [0.5, 0.6) is 0 Å². The lowest BCUT2D eigenvalue weighted by molar-refractivity contribution is -0.384. The number of aliphatic hydroxyl groups is 1. The Morgan fingerprint density at radius 1 is 1.25 bits per heavy atom. The van der Waals surface area contributed by atoms with Gasteiger partial charge in [0.15, 0.2) is 6.10 Å². The topological polar surface area (TPSA) is 139 Å². The summed E-state index contributed by atoms with van der Waals surface area (Å²) in [4.78, 5) is 49.3. The Morgan fingerprint density at radius 3 is 2.66 bits per heavy atom. The molecule has 10 heteroatoms. The predicted octanol–water partition coefficient (Wildman–Crippen LogP) is 2.34. The lowest BCUT2D eigenvalue weighted by Gasteiger charge is -2.16. The number of nitro groups is 1. The summed E-state index contributed by atoms with van der Waals surface area (Å²) in [6.45, 7) is 3.36. The highest BCUT2D eigenvalue weighted by molar-refractivity contribution is 6.04. The van der Waals surface area contributed by atoms with Crippen LogP contribution in [0.25, 0.3) is 0 Å². The minimum atomic E-state index is -1.14. The molecule has 0 aromatic heterocycles. The monoisotopic (exact) mass is 441 g/mol. The molecule has 2 aromatic rings. The van der Waals surface area contributed by atoms with Crippen LogP contribution in [0.4, 0.5) is 17.1 Å². The van der Waals surface area contributed by atoms with Gasteiger partial charge in [0.05, 0.1) is 17.1 Å². The Balaban J connectivity index is 1.78. The average Bonchev–Trinajstić information content (AvgIpc) is 3.20. The molecule has 0 saturated carbocycles. The first-order valence-electron chi connectivity index (χ1n) is 10.0. The van der Waals surface area contributed by atoms with Gasteiger partial charge >= 0.3 is 5.97 Å². The van der Waals surface area contributed by atoms with Gasteiger partial charge in [-0.3, -0.25) is 19.7 Å². The number of esters is 1. The molecule has 1 amide bonds.